The lowest BCUT2D eigenvalue weighted by Crippen LogP contribution is -2.00. The van der Waals surface area contributed by atoms with Gasteiger partial charge < -0.3 is 9.84 Å². The smallest absolute Gasteiger partial charge is 0.307 e. The molecule has 0 spiro atoms. The van der Waals surface area contributed by atoms with Gasteiger partial charge in [-0.15, -0.1) is 22.7 Å². The topological polar surface area (TPSA) is 72.3 Å². The zero-order valence-corrected chi connectivity index (χ0v) is 14.0. The van der Waals surface area contributed by atoms with E-state index < -0.39 is 5.97 Å². The van der Waals surface area contributed by atoms with Gasteiger partial charge in [0.25, 0.3) is 0 Å². The monoisotopic (exact) mass is 346 g/mol. The van der Waals surface area contributed by atoms with E-state index in [4.69, 9.17) is 9.84 Å². The maximum atomic E-state index is 10.6. The van der Waals surface area contributed by atoms with Crippen LogP contribution >= 0.6 is 22.7 Å². The fraction of sp³-hybridized carbons (Fsp3) is 0.188. The first-order valence-electron chi connectivity index (χ1n) is 6.90. The van der Waals surface area contributed by atoms with E-state index in [0.717, 1.165) is 27.0 Å². The first kappa shape index (κ1) is 15.6. The first-order valence-corrected chi connectivity index (χ1v) is 8.66. The van der Waals surface area contributed by atoms with Crippen molar-refractivity contribution in [2.24, 2.45) is 0 Å². The molecule has 2 aromatic heterocycles. The van der Waals surface area contributed by atoms with E-state index in [1.54, 1.807) is 46.9 Å². The minimum Gasteiger partial charge on any atom is -0.487 e. The molecule has 0 aliphatic carbocycles. The second-order valence-corrected chi connectivity index (χ2v) is 6.66. The summed E-state index contributed by atoms with van der Waals surface area (Å²) in [6, 6.07) is 7.06. The van der Waals surface area contributed by atoms with Crippen molar-refractivity contribution >= 4 is 28.6 Å². The third-order valence-corrected chi connectivity index (χ3v) is 5.01. The van der Waals surface area contributed by atoms with E-state index >= 15 is 0 Å². The number of hydrogen-bond acceptors (Lipinski definition) is 6. The van der Waals surface area contributed by atoms with Gasteiger partial charge in [-0.1, -0.05) is 12.1 Å². The van der Waals surface area contributed by atoms with Gasteiger partial charge in [0.05, 0.1) is 12.1 Å². The number of thiazole rings is 2. The molecule has 3 rings (SSSR count). The van der Waals surface area contributed by atoms with Crippen molar-refractivity contribution in [3.8, 4) is 15.8 Å². The van der Waals surface area contributed by atoms with E-state index in [9.17, 15) is 4.79 Å². The number of carboxylic acids is 1. The van der Waals surface area contributed by atoms with Crippen molar-refractivity contribution in [2.45, 2.75) is 20.0 Å². The molecule has 0 amide bonds. The minimum atomic E-state index is -0.842. The van der Waals surface area contributed by atoms with Gasteiger partial charge in [0, 0.05) is 16.5 Å². The number of rotatable bonds is 6. The highest BCUT2D eigenvalue weighted by Crippen LogP contribution is 2.27. The van der Waals surface area contributed by atoms with Crippen LogP contribution in [-0.2, 0) is 17.8 Å². The second kappa shape index (κ2) is 6.89. The standard InChI is InChI=1S/C16H14N2O3S2/c1-10-8-22-15(17-10)16-18-12(9-23-16)7-21-13-4-2-11(3-5-13)6-14(19)20/h2-5,8-9H,6-7H2,1H3,(H,19,20). The number of ether oxygens (including phenoxy) is 1. The van der Waals surface area contributed by atoms with Crippen LogP contribution in [-0.4, -0.2) is 21.0 Å². The summed E-state index contributed by atoms with van der Waals surface area (Å²) >= 11 is 3.14. The molecule has 0 aliphatic heterocycles. The van der Waals surface area contributed by atoms with Crippen molar-refractivity contribution in [1.82, 2.24) is 9.97 Å². The molecule has 7 heteroatoms. The lowest BCUT2D eigenvalue weighted by molar-refractivity contribution is -0.136. The Labute approximate surface area is 141 Å². The SMILES string of the molecule is Cc1csc(-c2nc(COc3ccc(CC(=O)O)cc3)cs2)n1. The molecule has 0 saturated carbocycles. The third kappa shape index (κ3) is 4.14. The Morgan fingerprint density at radius 1 is 1.13 bits per heavy atom. The molecule has 1 N–H and O–H groups in total. The molecule has 5 nitrogen and oxygen atoms in total. The Kier molecular flexibility index (Phi) is 4.68. The third-order valence-electron chi connectivity index (χ3n) is 3.02. The average molecular weight is 346 g/mol. The zero-order valence-electron chi connectivity index (χ0n) is 12.4. The molecule has 3 aromatic rings. The van der Waals surface area contributed by atoms with Gasteiger partial charge in [-0.3, -0.25) is 4.79 Å². The number of aryl methyl sites for hydroxylation is 1. The van der Waals surface area contributed by atoms with Crippen molar-refractivity contribution in [2.75, 3.05) is 0 Å². The number of carbonyl (C=O) groups is 1. The summed E-state index contributed by atoms with van der Waals surface area (Å²) in [5, 5.41) is 14.5. The molecule has 118 valence electrons. The van der Waals surface area contributed by atoms with Gasteiger partial charge in [-0.25, -0.2) is 9.97 Å². The zero-order chi connectivity index (χ0) is 16.2. The summed E-state index contributed by atoms with van der Waals surface area (Å²) in [4.78, 5) is 19.6. The number of benzene rings is 1. The molecule has 1 aromatic carbocycles. The molecular weight excluding hydrogens is 332 g/mol. The Balaban J connectivity index is 1.60. The number of aromatic nitrogens is 2. The van der Waals surface area contributed by atoms with Gasteiger partial charge in [0.2, 0.25) is 0 Å². The predicted molar refractivity (Wildman–Crippen MR) is 90.1 cm³/mol. The van der Waals surface area contributed by atoms with Gasteiger partial charge >= 0.3 is 5.97 Å². The van der Waals surface area contributed by atoms with Crippen LogP contribution in [0.4, 0.5) is 0 Å². The van der Waals surface area contributed by atoms with Gasteiger partial charge in [0.1, 0.15) is 12.4 Å². The molecule has 0 bridgehead atoms. The summed E-state index contributed by atoms with van der Waals surface area (Å²) in [7, 11) is 0. The van der Waals surface area contributed by atoms with Gasteiger partial charge in [-0.2, -0.15) is 0 Å². The number of hydrogen-bond donors (Lipinski definition) is 1. The minimum absolute atomic E-state index is 0.0168. The lowest BCUT2D eigenvalue weighted by atomic mass is 10.1. The Morgan fingerprint density at radius 2 is 1.83 bits per heavy atom. The fourth-order valence-electron chi connectivity index (χ4n) is 1.96. The molecule has 0 radical (unpaired) electrons. The molecule has 0 aliphatic rings. The van der Waals surface area contributed by atoms with Crippen LogP contribution in [0.5, 0.6) is 5.75 Å². The van der Waals surface area contributed by atoms with Crippen LogP contribution in [0.3, 0.4) is 0 Å². The lowest BCUT2D eigenvalue weighted by Gasteiger charge is -2.05. The highest BCUT2D eigenvalue weighted by Gasteiger charge is 2.09. The Morgan fingerprint density at radius 3 is 2.48 bits per heavy atom. The van der Waals surface area contributed by atoms with Gasteiger partial charge in [0.15, 0.2) is 10.0 Å². The van der Waals surface area contributed by atoms with Crippen molar-refractivity contribution < 1.29 is 14.6 Å². The largest absolute Gasteiger partial charge is 0.487 e. The van der Waals surface area contributed by atoms with E-state index in [1.165, 1.54) is 0 Å². The molecule has 0 unspecified atom stereocenters. The summed E-state index contributed by atoms with van der Waals surface area (Å²) in [5.74, 6) is -0.148. The number of aliphatic carboxylic acids is 1. The highest BCUT2D eigenvalue weighted by molar-refractivity contribution is 7.19. The normalized spacial score (nSPS) is 10.7. The van der Waals surface area contributed by atoms with Crippen LogP contribution in [0.2, 0.25) is 0 Å². The van der Waals surface area contributed by atoms with E-state index in [0.29, 0.717) is 12.4 Å². The van der Waals surface area contributed by atoms with Crippen molar-refractivity contribution in [3.63, 3.8) is 0 Å². The summed E-state index contributed by atoms with van der Waals surface area (Å²) in [6.45, 7) is 2.34. The van der Waals surface area contributed by atoms with Crippen LogP contribution < -0.4 is 4.74 Å². The molecule has 0 fully saturated rings. The quantitative estimate of drug-likeness (QED) is 0.735. The van der Waals surface area contributed by atoms with E-state index in [-0.39, 0.29) is 6.42 Å². The second-order valence-electron chi connectivity index (χ2n) is 4.94. The molecule has 2 heterocycles. The summed E-state index contributed by atoms with van der Waals surface area (Å²) < 4.78 is 5.69. The van der Waals surface area contributed by atoms with Gasteiger partial charge in [-0.05, 0) is 24.6 Å². The predicted octanol–water partition coefficient (Wildman–Crippen LogP) is 3.78. The molecule has 23 heavy (non-hydrogen) atoms. The van der Waals surface area contributed by atoms with Crippen molar-refractivity contribution in [3.05, 3.63) is 52.0 Å². The maximum absolute atomic E-state index is 10.6. The molecular formula is C16H14N2O3S2. The molecule has 0 atom stereocenters. The van der Waals surface area contributed by atoms with Crippen LogP contribution in [0.15, 0.2) is 35.0 Å². The maximum Gasteiger partial charge on any atom is 0.307 e. The summed E-state index contributed by atoms with van der Waals surface area (Å²) in [6.07, 6.45) is 0.0168. The van der Waals surface area contributed by atoms with Crippen LogP contribution in [0.25, 0.3) is 10.0 Å². The Bertz CT molecular complexity index is 809. The molecule has 0 saturated heterocycles. The van der Waals surface area contributed by atoms with E-state index in [2.05, 4.69) is 9.97 Å². The fourth-order valence-corrected chi connectivity index (χ4v) is 3.61. The summed E-state index contributed by atoms with van der Waals surface area (Å²) in [5.41, 5.74) is 2.60. The number of nitrogens with zero attached hydrogens (tertiary/aromatic N) is 2. The average Bonchev–Trinajstić information content (AvgIpc) is 3.15. The first-order chi connectivity index (χ1) is 11.1. The number of carboxylic acid groups (broad SMARTS) is 1. The highest BCUT2D eigenvalue weighted by atomic mass is 32.1. The Hall–Kier alpha value is -2.25. The van der Waals surface area contributed by atoms with E-state index in [1.807, 2.05) is 17.7 Å². The van der Waals surface area contributed by atoms with Crippen molar-refractivity contribution in [1.29, 1.82) is 0 Å². The van der Waals surface area contributed by atoms with Crippen LogP contribution in [0, 0.1) is 6.92 Å². The van der Waals surface area contributed by atoms with Crippen LogP contribution in [0.1, 0.15) is 17.0 Å².